The van der Waals surface area contributed by atoms with E-state index in [9.17, 15) is 4.79 Å². The average Bonchev–Trinajstić information content (AvgIpc) is 2.54. The van der Waals surface area contributed by atoms with Gasteiger partial charge in [-0.15, -0.1) is 0 Å². The number of hydrogen-bond acceptors (Lipinski definition) is 3. The zero-order valence-electron chi connectivity index (χ0n) is 11.7. The van der Waals surface area contributed by atoms with E-state index in [0.717, 1.165) is 42.5 Å². The van der Waals surface area contributed by atoms with Crippen molar-refractivity contribution in [3.8, 4) is 0 Å². The average molecular weight is 269 g/mol. The molecule has 4 nitrogen and oxygen atoms in total. The summed E-state index contributed by atoms with van der Waals surface area (Å²) in [7, 11) is 1.84. The van der Waals surface area contributed by atoms with Crippen LogP contribution in [0.15, 0.2) is 30.3 Å². The van der Waals surface area contributed by atoms with Crippen LogP contribution in [0, 0.1) is 0 Å². The van der Waals surface area contributed by atoms with Gasteiger partial charge < -0.3 is 10.2 Å². The number of carbonyl (C=O) groups is 1. The molecule has 0 bridgehead atoms. The van der Waals surface area contributed by atoms with E-state index in [1.807, 2.05) is 42.3 Å². The first-order valence-electron chi connectivity index (χ1n) is 7.16. The number of likely N-dealkylation sites (tertiary alicyclic amines) is 1. The zero-order valence-corrected chi connectivity index (χ0v) is 11.7. The highest BCUT2D eigenvalue weighted by Crippen LogP contribution is 2.23. The minimum Gasteiger partial charge on any atom is -0.373 e. The Morgan fingerprint density at radius 1 is 1.20 bits per heavy atom. The summed E-state index contributed by atoms with van der Waals surface area (Å²) in [6.07, 6.45) is 3.41. The molecule has 0 radical (unpaired) electrons. The van der Waals surface area contributed by atoms with Gasteiger partial charge in [0.05, 0.1) is 0 Å². The van der Waals surface area contributed by atoms with E-state index in [1.54, 1.807) is 0 Å². The monoisotopic (exact) mass is 269 g/mol. The fourth-order valence-corrected chi connectivity index (χ4v) is 2.76. The highest BCUT2D eigenvalue weighted by atomic mass is 16.2. The molecule has 1 saturated heterocycles. The molecule has 1 amide bonds. The van der Waals surface area contributed by atoms with Gasteiger partial charge in [-0.05, 0) is 30.7 Å². The maximum atomic E-state index is 12.5. The van der Waals surface area contributed by atoms with Crippen LogP contribution in [0.3, 0.4) is 0 Å². The molecule has 20 heavy (non-hydrogen) atoms. The number of fused-ring (bicyclic) bond motifs is 1. The molecular weight excluding hydrogens is 250 g/mol. The lowest BCUT2D eigenvalue weighted by molar-refractivity contribution is 0.0719. The van der Waals surface area contributed by atoms with Crippen molar-refractivity contribution >= 4 is 22.5 Å². The molecule has 1 N–H and O–H groups in total. The van der Waals surface area contributed by atoms with Crippen molar-refractivity contribution in [1.29, 1.82) is 0 Å². The molecule has 0 atom stereocenters. The van der Waals surface area contributed by atoms with Gasteiger partial charge in [0.25, 0.3) is 5.91 Å². The first-order valence-corrected chi connectivity index (χ1v) is 7.16. The van der Waals surface area contributed by atoms with Gasteiger partial charge in [-0.1, -0.05) is 24.3 Å². The van der Waals surface area contributed by atoms with Crippen molar-refractivity contribution < 1.29 is 4.79 Å². The van der Waals surface area contributed by atoms with Gasteiger partial charge in [-0.25, -0.2) is 4.98 Å². The predicted octanol–water partition coefficient (Wildman–Crippen LogP) is 2.90. The molecule has 0 spiro atoms. The van der Waals surface area contributed by atoms with Crippen molar-refractivity contribution in [1.82, 2.24) is 9.88 Å². The summed E-state index contributed by atoms with van der Waals surface area (Å²) in [4.78, 5) is 19.0. The first kappa shape index (κ1) is 12.9. The normalized spacial score (nSPS) is 15.3. The lowest BCUT2D eigenvalue weighted by Crippen LogP contribution is -2.36. The Hall–Kier alpha value is -2.10. The van der Waals surface area contributed by atoms with Crippen molar-refractivity contribution in [2.75, 3.05) is 25.5 Å². The van der Waals surface area contributed by atoms with Crippen LogP contribution < -0.4 is 5.32 Å². The Bertz CT molecular complexity index is 633. The number of pyridine rings is 1. The number of carbonyl (C=O) groups excluding carboxylic acids is 1. The molecule has 0 aliphatic carbocycles. The smallest absolute Gasteiger partial charge is 0.272 e. The van der Waals surface area contributed by atoms with Crippen molar-refractivity contribution in [3.63, 3.8) is 0 Å². The highest BCUT2D eigenvalue weighted by molar-refractivity contribution is 6.00. The van der Waals surface area contributed by atoms with Crippen molar-refractivity contribution in [3.05, 3.63) is 36.0 Å². The number of hydrogen-bond donors (Lipinski definition) is 1. The van der Waals surface area contributed by atoms with Crippen molar-refractivity contribution in [2.24, 2.45) is 0 Å². The molecule has 2 heterocycles. The Morgan fingerprint density at radius 3 is 2.70 bits per heavy atom. The third kappa shape index (κ3) is 2.33. The van der Waals surface area contributed by atoms with Gasteiger partial charge in [0.2, 0.25) is 0 Å². The Morgan fingerprint density at radius 2 is 1.95 bits per heavy atom. The molecule has 104 valence electrons. The first-order chi connectivity index (χ1) is 9.79. The van der Waals surface area contributed by atoms with Gasteiger partial charge in [0, 0.05) is 25.5 Å². The Labute approximate surface area is 118 Å². The third-order valence-corrected chi connectivity index (χ3v) is 3.84. The van der Waals surface area contributed by atoms with Crippen LogP contribution in [-0.4, -0.2) is 35.9 Å². The number of aromatic nitrogens is 1. The van der Waals surface area contributed by atoms with Gasteiger partial charge in [-0.3, -0.25) is 4.79 Å². The van der Waals surface area contributed by atoms with Crippen LogP contribution in [0.5, 0.6) is 0 Å². The Kier molecular flexibility index (Phi) is 3.54. The summed E-state index contributed by atoms with van der Waals surface area (Å²) in [6.45, 7) is 1.70. The maximum Gasteiger partial charge on any atom is 0.272 e. The molecule has 1 aliphatic heterocycles. The van der Waals surface area contributed by atoms with E-state index in [-0.39, 0.29) is 5.91 Å². The lowest BCUT2D eigenvalue weighted by atomic mass is 10.1. The standard InChI is InChI=1S/C16H19N3O/c1-17-15-13-8-4-3-7-12(13)11-14(18-15)16(20)19-9-5-2-6-10-19/h3-4,7-8,11H,2,5-6,9-10H2,1H3,(H,17,18). The minimum atomic E-state index is 0.0481. The van der Waals surface area contributed by atoms with E-state index in [0.29, 0.717) is 5.69 Å². The van der Waals surface area contributed by atoms with Crippen LogP contribution >= 0.6 is 0 Å². The van der Waals surface area contributed by atoms with Crippen LogP contribution in [0.4, 0.5) is 5.82 Å². The molecule has 1 aliphatic rings. The SMILES string of the molecule is CNc1nc(C(=O)N2CCCCC2)cc2ccccc12. The summed E-state index contributed by atoms with van der Waals surface area (Å²) in [6, 6.07) is 9.90. The van der Waals surface area contributed by atoms with Gasteiger partial charge in [0.1, 0.15) is 11.5 Å². The van der Waals surface area contributed by atoms with E-state index in [2.05, 4.69) is 10.3 Å². The molecule has 2 aromatic rings. The van der Waals surface area contributed by atoms with Crippen LogP contribution in [-0.2, 0) is 0 Å². The van der Waals surface area contributed by atoms with Crippen molar-refractivity contribution in [2.45, 2.75) is 19.3 Å². The molecule has 1 fully saturated rings. The quantitative estimate of drug-likeness (QED) is 0.911. The number of benzene rings is 1. The number of rotatable bonds is 2. The molecule has 0 unspecified atom stereocenters. The summed E-state index contributed by atoms with van der Waals surface area (Å²) in [5.41, 5.74) is 0.537. The highest BCUT2D eigenvalue weighted by Gasteiger charge is 2.20. The largest absolute Gasteiger partial charge is 0.373 e. The second-order valence-electron chi connectivity index (χ2n) is 5.18. The molecule has 3 rings (SSSR count). The molecule has 0 saturated carbocycles. The van der Waals surface area contributed by atoms with Crippen LogP contribution in [0.25, 0.3) is 10.8 Å². The molecule has 4 heteroatoms. The number of nitrogens with one attached hydrogen (secondary N) is 1. The van der Waals surface area contributed by atoms with E-state index in [4.69, 9.17) is 0 Å². The second-order valence-corrected chi connectivity index (χ2v) is 5.18. The fraction of sp³-hybridized carbons (Fsp3) is 0.375. The molecular formula is C16H19N3O. The number of amides is 1. The number of nitrogens with zero attached hydrogens (tertiary/aromatic N) is 2. The topological polar surface area (TPSA) is 45.2 Å². The lowest BCUT2D eigenvalue weighted by Gasteiger charge is -2.26. The Balaban J connectivity index is 2.00. The van der Waals surface area contributed by atoms with Crippen LogP contribution in [0.2, 0.25) is 0 Å². The summed E-state index contributed by atoms with van der Waals surface area (Å²) >= 11 is 0. The van der Waals surface area contributed by atoms with E-state index in [1.165, 1.54) is 6.42 Å². The predicted molar refractivity (Wildman–Crippen MR) is 81.0 cm³/mol. The van der Waals surface area contributed by atoms with Crippen LogP contribution in [0.1, 0.15) is 29.8 Å². The zero-order chi connectivity index (χ0) is 13.9. The molecule has 1 aromatic carbocycles. The van der Waals surface area contributed by atoms with Gasteiger partial charge in [0.15, 0.2) is 0 Å². The fourth-order valence-electron chi connectivity index (χ4n) is 2.76. The molecule has 1 aromatic heterocycles. The second kappa shape index (κ2) is 5.49. The maximum absolute atomic E-state index is 12.5. The minimum absolute atomic E-state index is 0.0481. The van der Waals surface area contributed by atoms with Gasteiger partial charge >= 0.3 is 0 Å². The number of anilines is 1. The summed E-state index contributed by atoms with van der Waals surface area (Å²) in [5.74, 6) is 0.815. The summed E-state index contributed by atoms with van der Waals surface area (Å²) in [5, 5.41) is 5.18. The summed E-state index contributed by atoms with van der Waals surface area (Å²) < 4.78 is 0. The van der Waals surface area contributed by atoms with E-state index < -0.39 is 0 Å². The van der Waals surface area contributed by atoms with Gasteiger partial charge in [-0.2, -0.15) is 0 Å². The van der Waals surface area contributed by atoms with E-state index >= 15 is 0 Å². The number of piperidine rings is 1. The third-order valence-electron chi connectivity index (χ3n) is 3.84.